The minimum absolute atomic E-state index is 0. The van der Waals surface area contributed by atoms with Gasteiger partial charge in [-0.05, 0) is 0 Å². The van der Waals surface area contributed by atoms with Crippen molar-refractivity contribution in [2.45, 2.75) is 0 Å². The van der Waals surface area contributed by atoms with E-state index in [2.05, 4.69) is 0 Å². The van der Waals surface area contributed by atoms with Gasteiger partial charge in [0.2, 0.25) is 0 Å². The van der Waals surface area contributed by atoms with Gasteiger partial charge in [0.15, 0.2) is 0 Å². The van der Waals surface area contributed by atoms with Crippen LogP contribution in [0, 0.1) is 0 Å². The van der Waals surface area contributed by atoms with Crippen molar-refractivity contribution in [2.24, 2.45) is 0 Å². The molecule has 0 atom stereocenters. The molecule has 0 unspecified atom stereocenters. The van der Waals surface area contributed by atoms with E-state index < -0.39 is 0 Å². The number of hydrogen-bond donors (Lipinski definition) is 1. The van der Waals surface area contributed by atoms with Crippen LogP contribution in [-0.4, -0.2) is 0 Å². The summed E-state index contributed by atoms with van der Waals surface area (Å²) >= 11 is 0. The molecule has 0 radical (unpaired) electrons. The van der Waals surface area contributed by atoms with Crippen LogP contribution in [0.5, 0.6) is 0 Å². The fourth-order valence-corrected chi connectivity index (χ4v) is 0. The van der Waals surface area contributed by atoms with Gasteiger partial charge in [-0.3, -0.25) is 0 Å². The summed E-state index contributed by atoms with van der Waals surface area (Å²) in [5.41, 5.74) is 0. The maximum Gasteiger partial charge on any atom is 0 e. The van der Waals surface area contributed by atoms with Crippen molar-refractivity contribution in [1.82, 2.24) is 6.15 Å². The van der Waals surface area contributed by atoms with E-state index in [0.717, 1.165) is 0 Å². The van der Waals surface area contributed by atoms with Crippen molar-refractivity contribution in [3.8, 4) is 0 Å². The maximum absolute atomic E-state index is 0. The molecule has 0 spiro atoms. The van der Waals surface area contributed by atoms with Crippen molar-refractivity contribution in [3.63, 3.8) is 0 Å². The first-order valence-corrected chi connectivity index (χ1v) is 0. The summed E-state index contributed by atoms with van der Waals surface area (Å²) in [5, 5.41) is 0. The second-order valence-electron chi connectivity index (χ2n) is 0. The van der Waals surface area contributed by atoms with E-state index in [0.29, 0.717) is 0 Å². The van der Waals surface area contributed by atoms with Gasteiger partial charge in [-0.2, -0.15) is 0 Å². The van der Waals surface area contributed by atoms with Crippen LogP contribution >= 0.6 is 0 Å². The Balaban J connectivity index is 0. The fourth-order valence-electron chi connectivity index (χ4n) is 0. The normalized spacial score (nSPS) is 0. The second kappa shape index (κ2) is 71.4. The molecule has 0 fully saturated rings. The molecule has 6 heavy (non-hydrogen) atoms. The third-order valence-corrected chi connectivity index (χ3v) is 0. The summed E-state index contributed by atoms with van der Waals surface area (Å²) in [4.78, 5) is 0. The van der Waals surface area contributed by atoms with E-state index in [1.165, 1.54) is 0 Å². The largest absolute Gasteiger partial charge is 1.00 e. The Bertz CT molecular complexity index is 7.51. The zero-order valence-corrected chi connectivity index (χ0v) is 7.11. The molecule has 50 valence electrons. The molecule has 0 aliphatic rings. The summed E-state index contributed by atoms with van der Waals surface area (Å²) in [5.74, 6) is 0. The first kappa shape index (κ1) is 113. The molecule has 0 aromatic heterocycles. The Hall–Kier alpha value is 1.78. The molecule has 0 amide bonds. The van der Waals surface area contributed by atoms with E-state index in [9.17, 15) is 0 Å². The zero-order chi connectivity index (χ0) is 0. The van der Waals surface area contributed by atoms with Gasteiger partial charge in [-0.15, -0.1) is 0 Å². The Morgan fingerprint density at radius 3 is 0.500 bits per heavy atom. The van der Waals surface area contributed by atoms with Crippen molar-refractivity contribution in [3.05, 3.63) is 0 Å². The number of rotatable bonds is 0. The minimum Gasteiger partial charge on any atom is -1.00 e. The third-order valence-electron chi connectivity index (χ3n) is 0. The van der Waals surface area contributed by atoms with Crippen LogP contribution in [0.15, 0.2) is 0 Å². The fraction of sp³-hybridized carbons (Fsp3) is 0. The molecular formula is H3Cl4NPd-4. The topological polar surface area (TPSA) is 35.0 Å². The Labute approximate surface area is 75.9 Å². The van der Waals surface area contributed by atoms with E-state index in [1.807, 2.05) is 0 Å². The predicted octanol–water partition coefficient (Wildman–Crippen LogP) is -11.8. The summed E-state index contributed by atoms with van der Waals surface area (Å²) in [6.07, 6.45) is 0. The summed E-state index contributed by atoms with van der Waals surface area (Å²) < 4.78 is 0. The average molecular weight is 265 g/mol. The quantitative estimate of drug-likeness (QED) is 0.434. The van der Waals surface area contributed by atoms with Crippen LogP contribution in [0.25, 0.3) is 0 Å². The molecular weight excluding hydrogens is 262 g/mol. The zero-order valence-electron chi connectivity index (χ0n) is 2.54. The molecule has 1 nitrogen and oxygen atoms in total. The third kappa shape index (κ3) is 41.6. The van der Waals surface area contributed by atoms with Gasteiger partial charge in [-0.25, -0.2) is 0 Å². The second-order valence-corrected chi connectivity index (χ2v) is 0. The van der Waals surface area contributed by atoms with Crippen LogP contribution < -0.4 is 55.8 Å². The molecule has 0 aliphatic carbocycles. The van der Waals surface area contributed by atoms with Crippen molar-refractivity contribution >= 4 is 0 Å². The van der Waals surface area contributed by atoms with E-state index in [1.54, 1.807) is 0 Å². The van der Waals surface area contributed by atoms with Crippen LogP contribution in [0.2, 0.25) is 0 Å². The molecule has 6 heteroatoms. The molecule has 0 rings (SSSR count). The monoisotopic (exact) mass is 263 g/mol. The van der Waals surface area contributed by atoms with Gasteiger partial charge in [0.05, 0.1) is 0 Å². The molecule has 0 heterocycles. The summed E-state index contributed by atoms with van der Waals surface area (Å²) in [6, 6.07) is 0. The van der Waals surface area contributed by atoms with Crippen molar-refractivity contribution < 1.29 is 70.1 Å². The summed E-state index contributed by atoms with van der Waals surface area (Å²) in [6.45, 7) is 0. The molecule has 0 aromatic rings. The molecule has 0 saturated heterocycles. The smallest absolute Gasteiger partial charge is 0 e. The number of hydrogen-bond acceptors (Lipinski definition) is 1. The van der Waals surface area contributed by atoms with Crippen LogP contribution in [-0.2, 0) is 20.4 Å². The van der Waals surface area contributed by atoms with Gasteiger partial charge >= 0.3 is 0 Å². The predicted molar refractivity (Wildman–Crippen MR) is 5.02 cm³/mol. The van der Waals surface area contributed by atoms with E-state index >= 15 is 0 Å². The minimum atomic E-state index is 0. The van der Waals surface area contributed by atoms with Crippen molar-refractivity contribution in [1.29, 1.82) is 0 Å². The van der Waals surface area contributed by atoms with Gasteiger partial charge < -0.3 is 55.8 Å². The standard InChI is InChI=1S/4ClH.H3N.Pd/h4*1H;1H3;/p-4. The van der Waals surface area contributed by atoms with Gasteiger partial charge in [-0.1, -0.05) is 0 Å². The molecule has 0 aliphatic heterocycles. The maximum atomic E-state index is 0. The first-order valence-electron chi connectivity index (χ1n) is 0. The SMILES string of the molecule is N.[Cl-].[Cl-].[Cl-].[Cl-].[Pd]. The van der Waals surface area contributed by atoms with Crippen LogP contribution in [0.4, 0.5) is 0 Å². The summed E-state index contributed by atoms with van der Waals surface area (Å²) in [7, 11) is 0. The van der Waals surface area contributed by atoms with E-state index in [-0.39, 0.29) is 76.2 Å². The Morgan fingerprint density at radius 2 is 0.500 bits per heavy atom. The van der Waals surface area contributed by atoms with E-state index in [4.69, 9.17) is 0 Å². The molecule has 0 aromatic carbocycles. The Morgan fingerprint density at radius 1 is 0.500 bits per heavy atom. The van der Waals surface area contributed by atoms with Crippen LogP contribution in [0.3, 0.4) is 0 Å². The first-order chi connectivity index (χ1) is 0. The molecule has 3 N–H and O–H groups in total. The Kier molecular flexibility index (Phi) is 1340. The van der Waals surface area contributed by atoms with Crippen molar-refractivity contribution in [2.75, 3.05) is 0 Å². The van der Waals surface area contributed by atoms with Gasteiger partial charge in [0, 0.05) is 20.4 Å². The van der Waals surface area contributed by atoms with Crippen LogP contribution in [0.1, 0.15) is 0 Å². The molecule has 0 bridgehead atoms. The van der Waals surface area contributed by atoms with Gasteiger partial charge in [0.1, 0.15) is 0 Å². The van der Waals surface area contributed by atoms with Gasteiger partial charge in [0.25, 0.3) is 0 Å². The average Bonchev–Trinajstić information content (AvgIpc) is 0. The molecule has 0 saturated carbocycles. The number of halogens is 4.